The van der Waals surface area contributed by atoms with Gasteiger partial charge in [0.25, 0.3) is 0 Å². The van der Waals surface area contributed by atoms with Crippen molar-refractivity contribution in [2.45, 2.75) is 51.3 Å². The summed E-state index contributed by atoms with van der Waals surface area (Å²) >= 11 is 0. The number of rotatable bonds is 13. The molecule has 33 heavy (non-hydrogen) atoms. The lowest BCUT2D eigenvalue weighted by Gasteiger charge is -2.22. The summed E-state index contributed by atoms with van der Waals surface area (Å²) in [7, 11) is 0. The summed E-state index contributed by atoms with van der Waals surface area (Å²) in [6.07, 6.45) is 0.460. The summed E-state index contributed by atoms with van der Waals surface area (Å²) in [6.45, 7) is 7.97. The lowest BCUT2D eigenvalue weighted by molar-refractivity contribution is 0.104. The van der Waals surface area contributed by atoms with Crippen molar-refractivity contribution in [2.75, 3.05) is 19.7 Å². The summed E-state index contributed by atoms with van der Waals surface area (Å²) in [5.41, 5.74) is 3.79. The number of ether oxygens (including phenoxy) is 1. The van der Waals surface area contributed by atoms with Crippen LogP contribution in [0.3, 0.4) is 0 Å². The van der Waals surface area contributed by atoms with Crippen LogP contribution in [-0.2, 0) is 0 Å². The zero-order valence-electron chi connectivity index (χ0n) is 20.1. The minimum Gasteiger partial charge on any atom is -0.490 e. The third-order valence-corrected chi connectivity index (χ3v) is 5.87. The number of nitrogens with one attached hydrogen (secondary N) is 2. The maximum absolute atomic E-state index is 10.2. The highest BCUT2D eigenvalue weighted by Gasteiger charge is 2.16. The first-order valence-electron chi connectivity index (χ1n) is 12.0. The second-order valence-corrected chi connectivity index (χ2v) is 8.90. The highest BCUT2D eigenvalue weighted by atomic mass is 16.5. The van der Waals surface area contributed by atoms with Crippen LogP contribution in [0.1, 0.15) is 55.8 Å². The first-order chi connectivity index (χ1) is 16.0. The van der Waals surface area contributed by atoms with E-state index in [0.29, 0.717) is 18.5 Å². The van der Waals surface area contributed by atoms with Crippen molar-refractivity contribution in [2.24, 2.45) is 0 Å². The average molecular weight is 447 g/mol. The first-order valence-corrected chi connectivity index (χ1v) is 12.0. The second-order valence-electron chi connectivity index (χ2n) is 8.90. The molecule has 3 aromatic rings. The summed E-state index contributed by atoms with van der Waals surface area (Å²) in [5, 5.41) is 17.1. The predicted molar refractivity (Wildman–Crippen MR) is 137 cm³/mol. The number of para-hydroxylation sites is 1. The van der Waals surface area contributed by atoms with Gasteiger partial charge in [-0.3, -0.25) is 0 Å². The van der Waals surface area contributed by atoms with Crippen LogP contribution in [0.25, 0.3) is 0 Å². The third-order valence-electron chi connectivity index (χ3n) is 5.87. The molecule has 2 atom stereocenters. The summed E-state index contributed by atoms with van der Waals surface area (Å²) in [5.74, 6) is 1.17. The van der Waals surface area contributed by atoms with Gasteiger partial charge in [0.2, 0.25) is 0 Å². The smallest absolute Gasteiger partial charge is 0.124 e. The lowest BCUT2D eigenvalue weighted by atomic mass is 9.88. The molecule has 3 aromatic carbocycles. The van der Waals surface area contributed by atoms with E-state index in [2.05, 4.69) is 98.1 Å². The van der Waals surface area contributed by atoms with Gasteiger partial charge in [-0.1, -0.05) is 92.7 Å². The number of benzene rings is 3. The SMILES string of the molecule is CC(C)NC[C@H](O)COc1ccccc1[C@H](C)NCCC(c1ccccc1)c1ccccc1. The highest BCUT2D eigenvalue weighted by Crippen LogP contribution is 2.29. The van der Waals surface area contributed by atoms with E-state index >= 15 is 0 Å². The molecule has 0 bridgehead atoms. The topological polar surface area (TPSA) is 53.5 Å². The van der Waals surface area contributed by atoms with Crippen molar-refractivity contribution in [3.05, 3.63) is 102 Å². The first kappa shape index (κ1) is 25.0. The van der Waals surface area contributed by atoms with Crippen molar-refractivity contribution in [1.29, 1.82) is 0 Å². The molecule has 0 spiro atoms. The Morgan fingerprint density at radius 1 is 0.758 bits per heavy atom. The zero-order valence-corrected chi connectivity index (χ0v) is 20.1. The van der Waals surface area contributed by atoms with Gasteiger partial charge in [0, 0.05) is 30.1 Å². The van der Waals surface area contributed by atoms with Crippen molar-refractivity contribution in [3.8, 4) is 5.75 Å². The molecule has 0 aromatic heterocycles. The van der Waals surface area contributed by atoms with Crippen LogP contribution in [0, 0.1) is 0 Å². The van der Waals surface area contributed by atoms with Crippen LogP contribution in [-0.4, -0.2) is 36.9 Å². The molecule has 0 unspecified atom stereocenters. The lowest BCUT2D eigenvalue weighted by Crippen LogP contribution is -2.35. The number of hydrogen-bond donors (Lipinski definition) is 3. The van der Waals surface area contributed by atoms with Crippen LogP contribution < -0.4 is 15.4 Å². The van der Waals surface area contributed by atoms with Crippen LogP contribution >= 0.6 is 0 Å². The van der Waals surface area contributed by atoms with Gasteiger partial charge in [0.15, 0.2) is 0 Å². The van der Waals surface area contributed by atoms with E-state index in [-0.39, 0.29) is 12.6 Å². The minimum absolute atomic E-state index is 0.138. The van der Waals surface area contributed by atoms with Crippen LogP contribution in [0.2, 0.25) is 0 Å². The summed E-state index contributed by atoms with van der Waals surface area (Å²) in [6, 6.07) is 30.0. The number of aliphatic hydroxyl groups excluding tert-OH is 1. The standard InChI is InChI=1S/C29H38N2O2/c1-22(2)31-20-26(32)21-33-29-17-11-10-16-27(29)23(3)30-19-18-28(24-12-6-4-7-13-24)25-14-8-5-9-15-25/h4-17,22-23,26,28,30-32H,18-21H2,1-3H3/t23-,26-/m0/s1. The second kappa shape index (κ2) is 13.1. The van der Waals surface area contributed by atoms with Gasteiger partial charge < -0.3 is 20.5 Å². The van der Waals surface area contributed by atoms with Gasteiger partial charge in [0.05, 0.1) is 0 Å². The molecule has 0 fully saturated rings. The molecule has 0 aliphatic heterocycles. The fourth-order valence-electron chi connectivity index (χ4n) is 4.04. The van der Waals surface area contributed by atoms with E-state index in [1.165, 1.54) is 11.1 Å². The molecule has 176 valence electrons. The van der Waals surface area contributed by atoms with E-state index in [0.717, 1.165) is 24.3 Å². The monoisotopic (exact) mass is 446 g/mol. The molecule has 3 rings (SSSR count). The molecular weight excluding hydrogens is 408 g/mol. The van der Waals surface area contributed by atoms with Gasteiger partial charge in [0.1, 0.15) is 18.5 Å². The maximum atomic E-state index is 10.2. The Hall–Kier alpha value is -2.66. The van der Waals surface area contributed by atoms with Gasteiger partial charge in [-0.25, -0.2) is 0 Å². The molecule has 0 heterocycles. The molecule has 0 aliphatic rings. The Morgan fingerprint density at radius 3 is 1.94 bits per heavy atom. The normalized spacial score (nSPS) is 13.3. The quantitative estimate of drug-likeness (QED) is 0.334. The fraction of sp³-hybridized carbons (Fsp3) is 0.379. The minimum atomic E-state index is -0.541. The molecule has 0 saturated heterocycles. The van der Waals surface area contributed by atoms with Crippen LogP contribution in [0.4, 0.5) is 0 Å². The number of aliphatic hydroxyl groups is 1. The highest BCUT2D eigenvalue weighted by molar-refractivity contribution is 5.36. The molecular formula is C29H38N2O2. The average Bonchev–Trinajstić information content (AvgIpc) is 2.85. The molecule has 0 aliphatic carbocycles. The molecule has 4 nitrogen and oxygen atoms in total. The van der Waals surface area contributed by atoms with Crippen molar-refractivity contribution < 1.29 is 9.84 Å². The fourth-order valence-corrected chi connectivity index (χ4v) is 4.04. The van der Waals surface area contributed by atoms with Crippen molar-refractivity contribution >= 4 is 0 Å². The Labute approximate surface area is 199 Å². The van der Waals surface area contributed by atoms with E-state index in [1.807, 2.05) is 18.2 Å². The Kier molecular flexibility index (Phi) is 9.95. The van der Waals surface area contributed by atoms with Crippen molar-refractivity contribution in [3.63, 3.8) is 0 Å². The van der Waals surface area contributed by atoms with E-state index in [9.17, 15) is 5.11 Å². The van der Waals surface area contributed by atoms with E-state index in [4.69, 9.17) is 4.74 Å². The third kappa shape index (κ3) is 8.01. The van der Waals surface area contributed by atoms with Gasteiger partial charge in [-0.15, -0.1) is 0 Å². The van der Waals surface area contributed by atoms with Gasteiger partial charge >= 0.3 is 0 Å². The van der Waals surface area contributed by atoms with Gasteiger partial charge in [-0.05, 0) is 37.1 Å². The van der Waals surface area contributed by atoms with Crippen LogP contribution in [0.5, 0.6) is 5.75 Å². The Bertz CT molecular complexity index is 891. The molecule has 3 N–H and O–H groups in total. The summed E-state index contributed by atoms with van der Waals surface area (Å²) < 4.78 is 5.99. The summed E-state index contributed by atoms with van der Waals surface area (Å²) in [4.78, 5) is 0. The molecule has 4 heteroatoms. The van der Waals surface area contributed by atoms with Crippen LogP contribution in [0.15, 0.2) is 84.9 Å². The zero-order chi connectivity index (χ0) is 23.5. The molecule has 0 saturated carbocycles. The predicted octanol–water partition coefficient (Wildman–Crippen LogP) is 5.30. The molecule has 0 amide bonds. The Balaban J connectivity index is 1.59. The van der Waals surface area contributed by atoms with Crippen molar-refractivity contribution in [1.82, 2.24) is 10.6 Å². The Morgan fingerprint density at radius 2 is 1.33 bits per heavy atom. The van der Waals surface area contributed by atoms with E-state index in [1.54, 1.807) is 0 Å². The molecule has 0 radical (unpaired) electrons. The number of hydrogen-bond acceptors (Lipinski definition) is 4. The van der Waals surface area contributed by atoms with E-state index < -0.39 is 6.10 Å². The maximum Gasteiger partial charge on any atom is 0.124 e. The van der Waals surface area contributed by atoms with Gasteiger partial charge in [-0.2, -0.15) is 0 Å². The largest absolute Gasteiger partial charge is 0.490 e.